The van der Waals surface area contributed by atoms with Crippen LogP contribution in [-0.2, 0) is 0 Å². The molecule has 0 saturated carbocycles. The predicted octanol–water partition coefficient (Wildman–Crippen LogP) is 0.141. The summed E-state index contributed by atoms with van der Waals surface area (Å²) in [6, 6.07) is 0. The smallest absolute Gasteiger partial charge is 0.157 e. The summed E-state index contributed by atoms with van der Waals surface area (Å²) in [6.45, 7) is 0.495. The molecule has 0 amide bonds. The standard InChI is InChI=1S/C7H11ClN4O/c1-12(2-3-13)7-5(9)6(8)10-4-11-7/h4,13H,2-3,9H2,1H3. The Morgan fingerprint density at radius 1 is 1.62 bits per heavy atom. The lowest BCUT2D eigenvalue weighted by Crippen LogP contribution is -2.23. The molecule has 0 atom stereocenters. The first-order valence-electron chi connectivity index (χ1n) is 3.74. The van der Waals surface area contributed by atoms with Crippen molar-refractivity contribution in [2.75, 3.05) is 30.8 Å². The predicted molar refractivity (Wildman–Crippen MR) is 51.8 cm³/mol. The molecule has 6 heteroatoms. The van der Waals surface area contributed by atoms with Gasteiger partial charge in [-0.2, -0.15) is 0 Å². The zero-order valence-electron chi connectivity index (χ0n) is 7.24. The van der Waals surface area contributed by atoms with Gasteiger partial charge in [0.05, 0.1) is 6.61 Å². The van der Waals surface area contributed by atoms with Gasteiger partial charge in [0.15, 0.2) is 11.0 Å². The first-order valence-corrected chi connectivity index (χ1v) is 4.12. The van der Waals surface area contributed by atoms with Gasteiger partial charge in [0, 0.05) is 13.6 Å². The van der Waals surface area contributed by atoms with E-state index >= 15 is 0 Å². The van der Waals surface area contributed by atoms with E-state index < -0.39 is 0 Å². The highest BCUT2D eigenvalue weighted by molar-refractivity contribution is 6.32. The molecule has 3 N–H and O–H groups in total. The van der Waals surface area contributed by atoms with E-state index in [4.69, 9.17) is 22.4 Å². The summed E-state index contributed by atoms with van der Waals surface area (Å²) in [5.41, 5.74) is 5.97. The van der Waals surface area contributed by atoms with Crippen LogP contribution in [0.25, 0.3) is 0 Å². The van der Waals surface area contributed by atoms with Gasteiger partial charge in [0.2, 0.25) is 0 Å². The van der Waals surface area contributed by atoms with Gasteiger partial charge in [-0.1, -0.05) is 11.6 Å². The van der Waals surface area contributed by atoms with E-state index in [1.165, 1.54) is 6.33 Å². The van der Waals surface area contributed by atoms with E-state index in [9.17, 15) is 0 Å². The molecule has 0 spiro atoms. The molecule has 1 aromatic rings. The third-order valence-corrected chi connectivity index (χ3v) is 1.91. The van der Waals surface area contributed by atoms with Gasteiger partial charge in [-0.15, -0.1) is 0 Å². The fraction of sp³-hybridized carbons (Fsp3) is 0.429. The molecule has 1 rings (SSSR count). The maximum Gasteiger partial charge on any atom is 0.157 e. The fourth-order valence-electron chi connectivity index (χ4n) is 0.926. The molecule has 0 radical (unpaired) electrons. The zero-order chi connectivity index (χ0) is 9.84. The van der Waals surface area contributed by atoms with Gasteiger partial charge in [0.1, 0.15) is 12.0 Å². The third-order valence-electron chi connectivity index (χ3n) is 1.61. The molecule has 5 nitrogen and oxygen atoms in total. The lowest BCUT2D eigenvalue weighted by atomic mass is 10.4. The summed E-state index contributed by atoms with van der Waals surface area (Å²) >= 11 is 5.69. The van der Waals surface area contributed by atoms with Crippen LogP contribution >= 0.6 is 11.6 Å². The number of nitrogens with two attached hydrogens (primary N) is 1. The van der Waals surface area contributed by atoms with Crippen LogP contribution in [0.15, 0.2) is 6.33 Å². The normalized spacial score (nSPS) is 10.1. The number of hydrogen-bond acceptors (Lipinski definition) is 5. The summed E-state index contributed by atoms with van der Waals surface area (Å²) < 4.78 is 0. The first-order chi connectivity index (χ1) is 6.16. The van der Waals surface area contributed by atoms with E-state index in [2.05, 4.69) is 9.97 Å². The van der Waals surface area contributed by atoms with Crippen LogP contribution in [0.2, 0.25) is 5.15 Å². The largest absolute Gasteiger partial charge is 0.395 e. The number of nitrogens with zero attached hydrogens (tertiary/aromatic N) is 3. The number of rotatable bonds is 3. The quantitative estimate of drug-likeness (QED) is 0.682. The maximum atomic E-state index is 8.70. The lowest BCUT2D eigenvalue weighted by molar-refractivity contribution is 0.304. The monoisotopic (exact) mass is 202 g/mol. The summed E-state index contributed by atoms with van der Waals surface area (Å²) in [5.74, 6) is 0.536. The van der Waals surface area contributed by atoms with Crippen molar-refractivity contribution in [1.29, 1.82) is 0 Å². The van der Waals surface area contributed by atoms with Crippen molar-refractivity contribution >= 4 is 23.1 Å². The van der Waals surface area contributed by atoms with Gasteiger partial charge in [-0.05, 0) is 0 Å². The topological polar surface area (TPSA) is 75.3 Å². The molecule has 0 aliphatic carbocycles. The molecular formula is C7H11ClN4O. The zero-order valence-corrected chi connectivity index (χ0v) is 7.99. The Labute approximate surface area is 81.2 Å². The van der Waals surface area contributed by atoms with Gasteiger partial charge in [-0.25, -0.2) is 9.97 Å². The highest BCUT2D eigenvalue weighted by Crippen LogP contribution is 2.24. The van der Waals surface area contributed by atoms with Gasteiger partial charge in [0.25, 0.3) is 0 Å². The Morgan fingerprint density at radius 2 is 2.31 bits per heavy atom. The second-order valence-electron chi connectivity index (χ2n) is 2.55. The van der Waals surface area contributed by atoms with E-state index in [1.54, 1.807) is 11.9 Å². The van der Waals surface area contributed by atoms with Crippen molar-refractivity contribution in [3.8, 4) is 0 Å². The minimum absolute atomic E-state index is 0.0392. The molecule has 13 heavy (non-hydrogen) atoms. The second-order valence-corrected chi connectivity index (χ2v) is 2.90. The number of anilines is 2. The SMILES string of the molecule is CN(CCO)c1ncnc(Cl)c1N. The highest BCUT2D eigenvalue weighted by atomic mass is 35.5. The molecule has 0 aliphatic rings. The molecule has 1 aromatic heterocycles. The number of likely N-dealkylation sites (N-methyl/N-ethyl adjacent to an activating group) is 1. The summed E-state index contributed by atoms with van der Waals surface area (Å²) in [6.07, 6.45) is 1.34. The fourth-order valence-corrected chi connectivity index (χ4v) is 1.05. The van der Waals surface area contributed by atoms with Crippen LogP contribution in [-0.4, -0.2) is 35.3 Å². The molecule has 0 unspecified atom stereocenters. The van der Waals surface area contributed by atoms with Crippen LogP contribution in [0.1, 0.15) is 0 Å². The summed E-state index contributed by atoms with van der Waals surface area (Å²) in [5, 5.41) is 8.93. The van der Waals surface area contributed by atoms with Gasteiger partial charge in [-0.3, -0.25) is 0 Å². The van der Waals surface area contributed by atoms with E-state index in [1.807, 2.05) is 0 Å². The van der Waals surface area contributed by atoms with Gasteiger partial charge < -0.3 is 15.7 Å². The van der Waals surface area contributed by atoms with Crippen molar-refractivity contribution in [3.63, 3.8) is 0 Å². The Kier molecular flexibility index (Phi) is 3.27. The van der Waals surface area contributed by atoms with E-state index in [0.717, 1.165) is 0 Å². The van der Waals surface area contributed by atoms with Crippen LogP contribution in [0.3, 0.4) is 0 Å². The van der Waals surface area contributed by atoms with Crippen molar-refractivity contribution in [2.45, 2.75) is 0 Å². The average molecular weight is 203 g/mol. The molecule has 0 bridgehead atoms. The molecule has 1 heterocycles. The molecule has 0 saturated heterocycles. The second kappa shape index (κ2) is 4.25. The molecule has 0 aliphatic heterocycles. The summed E-state index contributed by atoms with van der Waals surface area (Å²) in [4.78, 5) is 9.39. The van der Waals surface area contributed by atoms with Gasteiger partial charge >= 0.3 is 0 Å². The van der Waals surface area contributed by atoms with Crippen LogP contribution in [0, 0.1) is 0 Å². The Morgan fingerprint density at radius 3 is 2.92 bits per heavy atom. The highest BCUT2D eigenvalue weighted by Gasteiger charge is 2.09. The maximum absolute atomic E-state index is 8.70. The third kappa shape index (κ3) is 2.19. The van der Waals surface area contributed by atoms with Crippen molar-refractivity contribution in [3.05, 3.63) is 11.5 Å². The molecule has 0 fully saturated rings. The molecular weight excluding hydrogens is 192 g/mol. The number of nitrogen functional groups attached to an aromatic ring is 1. The number of aromatic nitrogens is 2. The van der Waals surface area contributed by atoms with Crippen molar-refractivity contribution < 1.29 is 5.11 Å². The van der Waals surface area contributed by atoms with Crippen LogP contribution < -0.4 is 10.6 Å². The van der Waals surface area contributed by atoms with Crippen molar-refractivity contribution in [1.82, 2.24) is 9.97 Å². The van der Waals surface area contributed by atoms with Crippen LogP contribution in [0.5, 0.6) is 0 Å². The average Bonchev–Trinajstić information content (AvgIpc) is 2.10. The Balaban J connectivity index is 2.93. The Bertz CT molecular complexity index is 294. The molecule has 72 valence electrons. The minimum atomic E-state index is 0.0392. The van der Waals surface area contributed by atoms with Crippen molar-refractivity contribution in [2.24, 2.45) is 0 Å². The number of aliphatic hydroxyl groups is 1. The first kappa shape index (κ1) is 10.0. The number of halogens is 1. The molecule has 0 aromatic carbocycles. The number of aliphatic hydroxyl groups excluding tert-OH is 1. The minimum Gasteiger partial charge on any atom is -0.395 e. The number of hydrogen-bond donors (Lipinski definition) is 2. The summed E-state index contributed by atoms with van der Waals surface area (Å²) in [7, 11) is 1.77. The lowest BCUT2D eigenvalue weighted by Gasteiger charge is -2.18. The van der Waals surface area contributed by atoms with E-state index in [0.29, 0.717) is 18.1 Å². The van der Waals surface area contributed by atoms with Crippen LogP contribution in [0.4, 0.5) is 11.5 Å². The Hall–Kier alpha value is -1.07. The van der Waals surface area contributed by atoms with E-state index in [-0.39, 0.29) is 11.8 Å².